The first-order chi connectivity index (χ1) is 7.16. The Bertz CT molecular complexity index is 311. The third-order valence-electron chi connectivity index (χ3n) is 0.825. The van der Waals surface area contributed by atoms with Crippen molar-refractivity contribution in [3.63, 3.8) is 0 Å². The Morgan fingerprint density at radius 2 is 1.70 bits per heavy atom. The second kappa shape index (κ2) is 3.00. The third kappa shape index (κ3) is 1.34. The average Bonchev–Trinajstić information content (AvgIpc) is 2.03. The molecule has 1 aromatic heterocycles. The summed E-state index contributed by atoms with van der Waals surface area (Å²) in [5.41, 5.74) is 0. The van der Waals surface area contributed by atoms with E-state index < -0.39 is 14.1 Å². The summed E-state index contributed by atoms with van der Waals surface area (Å²) in [5.74, 6) is -0.476. The van der Waals surface area contributed by atoms with Crippen LogP contribution in [0.25, 0.3) is 0 Å². The Hall–Kier alpha value is -1.32. The van der Waals surface area contributed by atoms with Crippen LogP contribution in [-0.4, -0.2) is 24.3 Å². The Kier molecular flexibility index (Phi) is 0.714. The SMILES string of the molecule is [2H]C([2H])([2H])Oc1ccc(OC([2H])([2H])[2H])nn1. The van der Waals surface area contributed by atoms with Crippen LogP contribution in [0.1, 0.15) is 8.22 Å². The molecule has 0 atom stereocenters. The van der Waals surface area contributed by atoms with E-state index in [2.05, 4.69) is 19.7 Å². The molecule has 4 nitrogen and oxygen atoms in total. The van der Waals surface area contributed by atoms with Crippen molar-refractivity contribution in [2.24, 2.45) is 0 Å². The molecule has 0 saturated carbocycles. The molecule has 0 aromatic carbocycles. The van der Waals surface area contributed by atoms with Crippen molar-refractivity contribution in [2.75, 3.05) is 14.1 Å². The molecule has 0 radical (unpaired) electrons. The van der Waals surface area contributed by atoms with E-state index in [0.29, 0.717) is 0 Å². The lowest BCUT2D eigenvalue weighted by Gasteiger charge is -1.97. The molecule has 1 heterocycles. The number of rotatable bonds is 2. The minimum Gasteiger partial charge on any atom is -0.480 e. The molecule has 0 aliphatic rings. The van der Waals surface area contributed by atoms with Gasteiger partial charge in [0, 0.05) is 12.1 Å². The number of ether oxygens (including phenoxy) is 2. The molecular formula is C6H8N2O2. The average molecular weight is 146 g/mol. The second-order valence-electron chi connectivity index (χ2n) is 1.41. The molecule has 1 rings (SSSR count). The van der Waals surface area contributed by atoms with Crippen LogP contribution in [0.3, 0.4) is 0 Å². The fourth-order valence-corrected chi connectivity index (χ4v) is 0.417. The van der Waals surface area contributed by atoms with Gasteiger partial charge in [-0.05, 0) is 0 Å². The fraction of sp³-hybridized carbons (Fsp3) is 0.333. The third-order valence-corrected chi connectivity index (χ3v) is 0.825. The maximum absolute atomic E-state index is 6.79. The molecule has 1 aromatic rings. The van der Waals surface area contributed by atoms with Crippen LogP contribution in [0, 0.1) is 0 Å². The molecule has 0 spiro atoms. The first-order valence-corrected chi connectivity index (χ1v) is 2.37. The van der Waals surface area contributed by atoms with Gasteiger partial charge in [-0.3, -0.25) is 0 Å². The summed E-state index contributed by atoms with van der Waals surface area (Å²) < 4.78 is 49.6. The van der Waals surface area contributed by atoms with Crippen molar-refractivity contribution >= 4 is 0 Å². The van der Waals surface area contributed by atoms with Gasteiger partial charge in [0.1, 0.15) is 0 Å². The molecule has 0 aliphatic carbocycles. The topological polar surface area (TPSA) is 44.2 Å². The molecule has 4 heteroatoms. The number of nitrogens with zero attached hydrogens (tertiary/aromatic N) is 2. The van der Waals surface area contributed by atoms with E-state index in [0.717, 1.165) is 12.1 Å². The van der Waals surface area contributed by atoms with Crippen molar-refractivity contribution in [1.29, 1.82) is 0 Å². The number of aromatic nitrogens is 2. The van der Waals surface area contributed by atoms with Gasteiger partial charge in [0.2, 0.25) is 11.8 Å². The van der Waals surface area contributed by atoms with Gasteiger partial charge in [-0.15, -0.1) is 10.2 Å². The number of hydrogen-bond donors (Lipinski definition) is 0. The molecule has 0 unspecified atom stereocenters. The van der Waals surface area contributed by atoms with Crippen LogP contribution in [0.15, 0.2) is 12.1 Å². The zero-order valence-corrected chi connectivity index (χ0v) is 4.87. The highest BCUT2D eigenvalue weighted by atomic mass is 16.5. The van der Waals surface area contributed by atoms with E-state index in [1.165, 1.54) is 0 Å². The van der Waals surface area contributed by atoms with Crippen LogP contribution in [0.5, 0.6) is 11.8 Å². The van der Waals surface area contributed by atoms with Gasteiger partial charge >= 0.3 is 0 Å². The summed E-state index contributed by atoms with van der Waals surface area (Å²) in [6.45, 7) is 0. The predicted molar refractivity (Wildman–Crippen MR) is 35.1 cm³/mol. The molecular weight excluding hydrogens is 132 g/mol. The lowest BCUT2D eigenvalue weighted by Crippen LogP contribution is -1.92. The molecule has 0 amide bonds. The Labute approximate surface area is 67.2 Å². The summed E-state index contributed by atoms with van der Waals surface area (Å²) in [5, 5.41) is 6.68. The van der Waals surface area contributed by atoms with Gasteiger partial charge in [0.15, 0.2) is 0 Å². The summed E-state index contributed by atoms with van der Waals surface area (Å²) in [4.78, 5) is 0. The highest BCUT2D eigenvalue weighted by Crippen LogP contribution is 2.07. The largest absolute Gasteiger partial charge is 0.480 e. The monoisotopic (exact) mass is 146 g/mol. The van der Waals surface area contributed by atoms with Crippen LogP contribution in [0.4, 0.5) is 0 Å². The van der Waals surface area contributed by atoms with E-state index in [1.807, 2.05) is 0 Å². The summed E-state index contributed by atoms with van der Waals surface area (Å²) in [6.07, 6.45) is 0. The van der Waals surface area contributed by atoms with Crippen molar-refractivity contribution in [2.45, 2.75) is 0 Å². The zero-order chi connectivity index (χ0) is 12.4. The minimum atomic E-state index is -2.62. The summed E-state index contributed by atoms with van der Waals surface area (Å²) in [6, 6.07) is 2.31. The number of hydrogen-bond acceptors (Lipinski definition) is 4. The minimum absolute atomic E-state index is 0.238. The molecule has 0 N–H and O–H groups in total. The van der Waals surface area contributed by atoms with E-state index in [1.54, 1.807) is 0 Å². The summed E-state index contributed by atoms with van der Waals surface area (Å²) in [7, 11) is -5.25. The Balaban J connectivity index is 2.69. The van der Waals surface area contributed by atoms with Crippen LogP contribution in [0.2, 0.25) is 0 Å². The lowest BCUT2D eigenvalue weighted by molar-refractivity contribution is 0.367. The molecule has 0 saturated heterocycles. The smallest absolute Gasteiger partial charge is 0.233 e. The molecule has 54 valence electrons. The van der Waals surface area contributed by atoms with E-state index in [9.17, 15) is 0 Å². The summed E-state index contributed by atoms with van der Waals surface area (Å²) >= 11 is 0. The van der Waals surface area contributed by atoms with E-state index in [-0.39, 0.29) is 11.8 Å². The first-order valence-electron chi connectivity index (χ1n) is 5.37. The highest BCUT2D eigenvalue weighted by Gasteiger charge is 1.93. The van der Waals surface area contributed by atoms with Crippen molar-refractivity contribution in [1.82, 2.24) is 10.2 Å². The maximum atomic E-state index is 6.79. The second-order valence-corrected chi connectivity index (χ2v) is 1.41. The van der Waals surface area contributed by atoms with Crippen LogP contribution >= 0.6 is 0 Å². The van der Waals surface area contributed by atoms with Crippen molar-refractivity contribution in [3.8, 4) is 11.8 Å². The fourth-order valence-electron chi connectivity index (χ4n) is 0.417. The first kappa shape index (κ1) is 2.38. The molecule has 10 heavy (non-hydrogen) atoms. The quantitative estimate of drug-likeness (QED) is 0.609. The van der Waals surface area contributed by atoms with Crippen LogP contribution in [-0.2, 0) is 0 Å². The van der Waals surface area contributed by atoms with Gasteiger partial charge in [0.05, 0.1) is 22.3 Å². The van der Waals surface area contributed by atoms with Gasteiger partial charge < -0.3 is 9.47 Å². The lowest BCUT2D eigenvalue weighted by atomic mass is 10.5. The maximum Gasteiger partial charge on any atom is 0.233 e. The standard InChI is InChI=1S/C6H8N2O2/c1-9-5-3-4-6(10-2)8-7-5/h3-4H,1-2H3/i1D3,2D3. The predicted octanol–water partition coefficient (Wildman–Crippen LogP) is 0.494. The van der Waals surface area contributed by atoms with E-state index in [4.69, 9.17) is 8.22 Å². The van der Waals surface area contributed by atoms with Crippen molar-refractivity contribution in [3.05, 3.63) is 12.1 Å². The van der Waals surface area contributed by atoms with Crippen LogP contribution < -0.4 is 9.47 Å². The van der Waals surface area contributed by atoms with E-state index >= 15 is 0 Å². The Morgan fingerprint density at radius 3 is 2.00 bits per heavy atom. The highest BCUT2D eigenvalue weighted by molar-refractivity contribution is 5.14. The normalized spacial score (nSPS) is 20.4. The van der Waals surface area contributed by atoms with Gasteiger partial charge in [-0.2, -0.15) is 0 Å². The number of methoxy groups -OCH3 is 2. The van der Waals surface area contributed by atoms with Gasteiger partial charge in [-0.25, -0.2) is 0 Å². The van der Waals surface area contributed by atoms with Gasteiger partial charge in [0.25, 0.3) is 0 Å². The molecule has 0 aliphatic heterocycles. The Morgan fingerprint density at radius 1 is 1.20 bits per heavy atom. The molecule has 0 bridgehead atoms. The van der Waals surface area contributed by atoms with Gasteiger partial charge in [-0.1, -0.05) is 0 Å². The van der Waals surface area contributed by atoms with Crippen molar-refractivity contribution < 1.29 is 17.7 Å². The molecule has 0 fully saturated rings. The zero-order valence-electron chi connectivity index (χ0n) is 10.9.